The Morgan fingerprint density at radius 3 is 3.05 bits per heavy atom. The van der Waals surface area contributed by atoms with E-state index in [0.717, 1.165) is 48.6 Å². The Kier molecular flexibility index (Phi) is 3.10. The molecule has 0 saturated carbocycles. The first kappa shape index (κ1) is 13.1. The van der Waals surface area contributed by atoms with Gasteiger partial charge in [-0.25, -0.2) is 0 Å². The lowest BCUT2D eigenvalue weighted by molar-refractivity contribution is 0.0719. The summed E-state index contributed by atoms with van der Waals surface area (Å²) in [5.74, 6) is 0.980. The van der Waals surface area contributed by atoms with Crippen molar-refractivity contribution in [2.45, 2.75) is 45.1 Å². The quantitative estimate of drug-likeness (QED) is 0.853. The van der Waals surface area contributed by atoms with Gasteiger partial charge in [0.2, 0.25) is 0 Å². The highest BCUT2D eigenvalue weighted by Gasteiger charge is 2.34. The van der Waals surface area contributed by atoms with Crippen molar-refractivity contribution in [3.05, 3.63) is 38.9 Å². The maximum atomic E-state index is 12.8. The average molecular weight is 302 g/mol. The highest BCUT2D eigenvalue weighted by Crippen LogP contribution is 2.36. The lowest BCUT2D eigenvalue weighted by Gasteiger charge is -2.21. The molecule has 0 bridgehead atoms. The van der Waals surface area contributed by atoms with Crippen molar-refractivity contribution in [2.24, 2.45) is 0 Å². The molecule has 1 atom stereocenters. The van der Waals surface area contributed by atoms with Crippen LogP contribution in [0.15, 0.2) is 16.7 Å². The molecule has 4 rings (SSSR count). The third-order valence-electron chi connectivity index (χ3n) is 4.45. The summed E-state index contributed by atoms with van der Waals surface area (Å²) in [6, 6.07) is 4.11. The van der Waals surface area contributed by atoms with E-state index in [0.29, 0.717) is 0 Å². The highest BCUT2D eigenvalue weighted by atomic mass is 32.1. The Labute approximate surface area is 127 Å². The van der Waals surface area contributed by atoms with Crippen molar-refractivity contribution < 1.29 is 9.32 Å². The standard InChI is InChI=1S/C16H18N2O2S/c1-10-8-13(20-17-10)12-5-3-7-18(12)16(19)15-9-11-4-2-6-14(11)21-15/h8-9,12H,2-7H2,1H3/t12-/m1/s1. The van der Waals surface area contributed by atoms with Gasteiger partial charge in [0.1, 0.15) is 0 Å². The third-order valence-corrected chi connectivity index (χ3v) is 5.67. The number of amides is 1. The monoisotopic (exact) mass is 302 g/mol. The summed E-state index contributed by atoms with van der Waals surface area (Å²) in [5.41, 5.74) is 2.26. The zero-order valence-corrected chi connectivity index (χ0v) is 12.9. The molecule has 3 heterocycles. The molecule has 0 aromatic carbocycles. The number of carbonyl (C=O) groups excluding carboxylic acids is 1. The van der Waals surface area contributed by atoms with Crippen molar-refractivity contribution >= 4 is 17.2 Å². The van der Waals surface area contributed by atoms with E-state index in [4.69, 9.17) is 4.52 Å². The fourth-order valence-corrected chi connectivity index (χ4v) is 4.63. The lowest BCUT2D eigenvalue weighted by Crippen LogP contribution is -2.29. The molecule has 2 aromatic rings. The first-order valence-electron chi connectivity index (χ1n) is 7.58. The zero-order chi connectivity index (χ0) is 14.4. The van der Waals surface area contributed by atoms with Gasteiger partial charge in [0, 0.05) is 17.5 Å². The highest BCUT2D eigenvalue weighted by molar-refractivity contribution is 7.14. The number of thiophene rings is 1. The van der Waals surface area contributed by atoms with Gasteiger partial charge in [0.25, 0.3) is 5.91 Å². The molecule has 0 N–H and O–H groups in total. The summed E-state index contributed by atoms with van der Waals surface area (Å²) >= 11 is 1.68. The number of nitrogens with zero attached hydrogens (tertiary/aromatic N) is 2. The number of aromatic nitrogens is 1. The van der Waals surface area contributed by atoms with Crippen LogP contribution in [0.3, 0.4) is 0 Å². The van der Waals surface area contributed by atoms with Gasteiger partial charge < -0.3 is 9.42 Å². The number of hydrogen-bond acceptors (Lipinski definition) is 4. The predicted molar refractivity (Wildman–Crippen MR) is 80.6 cm³/mol. The van der Waals surface area contributed by atoms with Gasteiger partial charge in [0.05, 0.1) is 16.6 Å². The lowest BCUT2D eigenvalue weighted by atomic mass is 10.1. The van der Waals surface area contributed by atoms with E-state index >= 15 is 0 Å². The number of aryl methyl sites for hydroxylation is 3. The Morgan fingerprint density at radius 1 is 1.38 bits per heavy atom. The van der Waals surface area contributed by atoms with Crippen LogP contribution in [0.25, 0.3) is 0 Å². The van der Waals surface area contributed by atoms with Crippen molar-refractivity contribution in [3.63, 3.8) is 0 Å². The van der Waals surface area contributed by atoms with Crippen LogP contribution in [0.2, 0.25) is 0 Å². The van der Waals surface area contributed by atoms with Gasteiger partial charge in [0.15, 0.2) is 5.76 Å². The molecule has 0 unspecified atom stereocenters. The summed E-state index contributed by atoms with van der Waals surface area (Å²) < 4.78 is 5.39. The predicted octanol–water partition coefficient (Wildman–Crippen LogP) is 3.51. The number of likely N-dealkylation sites (tertiary alicyclic amines) is 1. The van der Waals surface area contributed by atoms with Gasteiger partial charge in [-0.1, -0.05) is 5.16 Å². The van der Waals surface area contributed by atoms with Crippen molar-refractivity contribution in [3.8, 4) is 0 Å². The molecule has 1 amide bonds. The van der Waals surface area contributed by atoms with E-state index in [1.54, 1.807) is 11.3 Å². The number of fused-ring (bicyclic) bond motifs is 1. The van der Waals surface area contributed by atoms with Crippen molar-refractivity contribution in [1.82, 2.24) is 10.1 Å². The minimum absolute atomic E-state index is 0.0515. The minimum Gasteiger partial charge on any atom is -0.359 e. The second-order valence-electron chi connectivity index (χ2n) is 5.94. The van der Waals surface area contributed by atoms with Crippen LogP contribution in [0.5, 0.6) is 0 Å². The Morgan fingerprint density at radius 2 is 2.29 bits per heavy atom. The normalized spacial score (nSPS) is 21.0. The summed E-state index contributed by atoms with van der Waals surface area (Å²) in [6.45, 7) is 2.73. The fraction of sp³-hybridized carbons (Fsp3) is 0.500. The minimum atomic E-state index is 0.0515. The molecule has 1 saturated heterocycles. The number of carbonyl (C=O) groups is 1. The van der Waals surface area contributed by atoms with Crippen LogP contribution in [-0.4, -0.2) is 22.5 Å². The average Bonchev–Trinajstić information content (AvgIpc) is 3.20. The molecular weight excluding hydrogens is 284 g/mol. The maximum Gasteiger partial charge on any atom is 0.264 e. The van der Waals surface area contributed by atoms with Gasteiger partial charge >= 0.3 is 0 Å². The number of rotatable bonds is 2. The van der Waals surface area contributed by atoms with E-state index in [1.165, 1.54) is 16.9 Å². The van der Waals surface area contributed by atoms with Crippen LogP contribution in [-0.2, 0) is 12.8 Å². The van der Waals surface area contributed by atoms with Gasteiger partial charge in [-0.2, -0.15) is 0 Å². The van der Waals surface area contributed by atoms with E-state index in [-0.39, 0.29) is 11.9 Å². The third kappa shape index (κ3) is 2.20. The topological polar surface area (TPSA) is 46.3 Å². The van der Waals surface area contributed by atoms with Crippen LogP contribution >= 0.6 is 11.3 Å². The summed E-state index contributed by atoms with van der Waals surface area (Å²) in [4.78, 5) is 17.1. The van der Waals surface area contributed by atoms with Crippen LogP contribution < -0.4 is 0 Å². The summed E-state index contributed by atoms with van der Waals surface area (Å²) in [6.07, 6.45) is 5.49. The maximum absolute atomic E-state index is 12.8. The molecule has 4 nitrogen and oxygen atoms in total. The number of hydrogen-bond donors (Lipinski definition) is 0. The van der Waals surface area contributed by atoms with Crippen LogP contribution in [0, 0.1) is 6.92 Å². The Balaban J connectivity index is 1.60. The zero-order valence-electron chi connectivity index (χ0n) is 12.1. The Hall–Kier alpha value is -1.62. The van der Waals surface area contributed by atoms with Gasteiger partial charge in [-0.3, -0.25) is 4.79 Å². The van der Waals surface area contributed by atoms with E-state index in [9.17, 15) is 4.79 Å². The second-order valence-corrected chi connectivity index (χ2v) is 7.08. The Bertz CT molecular complexity index is 667. The molecule has 2 aromatic heterocycles. The van der Waals surface area contributed by atoms with Crippen LogP contribution in [0.1, 0.15) is 56.9 Å². The molecule has 0 radical (unpaired) electrons. The van der Waals surface area contributed by atoms with Crippen molar-refractivity contribution in [1.29, 1.82) is 0 Å². The van der Waals surface area contributed by atoms with E-state index in [1.807, 2.05) is 17.9 Å². The summed E-state index contributed by atoms with van der Waals surface area (Å²) in [7, 11) is 0. The summed E-state index contributed by atoms with van der Waals surface area (Å²) in [5, 5.41) is 3.96. The smallest absolute Gasteiger partial charge is 0.264 e. The molecule has 21 heavy (non-hydrogen) atoms. The SMILES string of the molecule is Cc1cc([C@H]2CCCN2C(=O)c2cc3c(s2)CCC3)on1. The fourth-order valence-electron chi connectivity index (χ4n) is 3.42. The molecule has 1 aliphatic heterocycles. The van der Waals surface area contributed by atoms with E-state index in [2.05, 4.69) is 11.2 Å². The molecular formula is C16H18N2O2S. The molecule has 0 spiro atoms. The first-order valence-corrected chi connectivity index (χ1v) is 8.40. The first-order chi connectivity index (χ1) is 10.2. The molecule has 110 valence electrons. The molecule has 1 fully saturated rings. The molecule has 2 aliphatic rings. The largest absolute Gasteiger partial charge is 0.359 e. The van der Waals surface area contributed by atoms with E-state index < -0.39 is 0 Å². The van der Waals surface area contributed by atoms with Crippen LogP contribution in [0.4, 0.5) is 0 Å². The molecule has 1 aliphatic carbocycles. The van der Waals surface area contributed by atoms with Gasteiger partial charge in [-0.15, -0.1) is 11.3 Å². The second kappa shape index (κ2) is 4.98. The van der Waals surface area contributed by atoms with Crippen molar-refractivity contribution in [2.75, 3.05) is 6.54 Å². The van der Waals surface area contributed by atoms with Gasteiger partial charge in [-0.05, 0) is 50.7 Å². The molecule has 5 heteroatoms.